The Bertz CT molecular complexity index is 464. The van der Waals surface area contributed by atoms with Gasteiger partial charge in [0.15, 0.2) is 5.82 Å². The minimum Gasteiger partial charge on any atom is -0.131 e. The van der Waals surface area contributed by atoms with Gasteiger partial charge < -0.3 is 0 Å². The van der Waals surface area contributed by atoms with E-state index in [9.17, 15) is 0 Å². The minimum absolute atomic E-state index is 0.0541. The van der Waals surface area contributed by atoms with Gasteiger partial charge in [-0.3, -0.25) is 0 Å². The van der Waals surface area contributed by atoms with E-state index in [2.05, 4.69) is 45.9 Å². The Labute approximate surface area is 95.9 Å². The van der Waals surface area contributed by atoms with Gasteiger partial charge in [-0.15, -0.1) is 20.4 Å². The van der Waals surface area contributed by atoms with Crippen LogP contribution in [-0.2, 0) is 0 Å². The summed E-state index contributed by atoms with van der Waals surface area (Å²) in [5.74, 6) is 1.17. The van der Waals surface area contributed by atoms with E-state index in [1.54, 1.807) is 6.92 Å². The topological polar surface area (TPSA) is 51.6 Å². The van der Waals surface area contributed by atoms with Gasteiger partial charge in [0, 0.05) is 5.56 Å². The van der Waals surface area contributed by atoms with Crippen LogP contribution in [-0.4, -0.2) is 33.7 Å². The van der Waals surface area contributed by atoms with Crippen LogP contribution in [0.15, 0.2) is 24.3 Å². The molecule has 0 N–H and O–H groups in total. The molecule has 4 nitrogen and oxygen atoms in total. The summed E-state index contributed by atoms with van der Waals surface area (Å²) in [4.78, 5) is 0. The molecule has 0 aliphatic carbocycles. The first-order valence-corrected chi connectivity index (χ1v) is 7.22. The maximum absolute atomic E-state index is 4.00. The van der Waals surface area contributed by atoms with Gasteiger partial charge in [0.2, 0.25) is 5.82 Å². The van der Waals surface area contributed by atoms with E-state index in [1.807, 2.05) is 12.1 Å². The van der Waals surface area contributed by atoms with Crippen LogP contribution in [0.2, 0.25) is 0 Å². The molecule has 0 aliphatic heterocycles. The third kappa shape index (κ3) is 2.39. The van der Waals surface area contributed by atoms with E-state index in [1.165, 1.54) is 5.30 Å². The van der Waals surface area contributed by atoms with Gasteiger partial charge in [-0.25, -0.2) is 0 Å². The zero-order valence-corrected chi connectivity index (χ0v) is 10.4. The number of nitrogens with zero attached hydrogens (tertiary/aromatic N) is 4. The second-order valence-corrected chi connectivity index (χ2v) is 6.02. The molecule has 0 bridgehead atoms. The summed E-state index contributed by atoms with van der Waals surface area (Å²) in [7, 11) is -0.0541. The molecule has 5 heteroatoms. The number of hydrogen-bond acceptors (Lipinski definition) is 4. The van der Waals surface area contributed by atoms with Gasteiger partial charge in [0.25, 0.3) is 0 Å². The molecule has 0 atom stereocenters. The van der Waals surface area contributed by atoms with Crippen LogP contribution in [0.4, 0.5) is 0 Å². The average Bonchev–Trinajstić information content (AvgIpc) is 2.30. The molecule has 2 rings (SSSR count). The van der Waals surface area contributed by atoms with E-state index in [4.69, 9.17) is 0 Å². The number of aryl methyl sites for hydroxylation is 1. The molecule has 0 aliphatic rings. The van der Waals surface area contributed by atoms with E-state index in [-0.39, 0.29) is 7.92 Å². The number of aromatic nitrogens is 4. The van der Waals surface area contributed by atoms with Crippen molar-refractivity contribution in [3.8, 4) is 11.4 Å². The normalized spacial score (nSPS) is 10.8. The molecular formula is C11H13N4P. The maximum Gasteiger partial charge on any atom is 0.203 e. The molecule has 0 spiro atoms. The van der Waals surface area contributed by atoms with Crippen molar-refractivity contribution < 1.29 is 0 Å². The van der Waals surface area contributed by atoms with Crippen molar-refractivity contribution >= 4 is 13.2 Å². The lowest BCUT2D eigenvalue weighted by Crippen LogP contribution is -2.01. The standard InChI is InChI=1S/C11H13N4P/c1-8-12-14-11(15-13-8)9-4-6-10(7-5-9)16(2)3/h4-7H,1-3H3. The number of rotatable bonds is 2. The molecule has 0 unspecified atom stereocenters. The van der Waals surface area contributed by atoms with Crippen LogP contribution in [0.5, 0.6) is 0 Å². The monoisotopic (exact) mass is 232 g/mol. The fourth-order valence-electron chi connectivity index (χ4n) is 1.30. The predicted octanol–water partition coefficient (Wildman–Crippen LogP) is 1.61. The van der Waals surface area contributed by atoms with Crippen molar-refractivity contribution in [3.05, 3.63) is 30.1 Å². The second kappa shape index (κ2) is 4.62. The molecule has 0 saturated carbocycles. The van der Waals surface area contributed by atoms with Gasteiger partial charge in [-0.1, -0.05) is 32.2 Å². The summed E-state index contributed by atoms with van der Waals surface area (Å²) in [5.41, 5.74) is 0.959. The van der Waals surface area contributed by atoms with E-state index in [0.29, 0.717) is 11.6 Å². The van der Waals surface area contributed by atoms with Gasteiger partial charge in [-0.2, -0.15) is 0 Å². The molecule has 0 saturated heterocycles. The van der Waals surface area contributed by atoms with Crippen molar-refractivity contribution in [2.24, 2.45) is 0 Å². The highest BCUT2D eigenvalue weighted by Gasteiger charge is 2.03. The molecular weight excluding hydrogens is 219 g/mol. The first-order valence-electron chi connectivity index (χ1n) is 4.98. The Morgan fingerprint density at radius 3 is 1.94 bits per heavy atom. The summed E-state index contributed by atoms with van der Waals surface area (Å²) < 4.78 is 0. The van der Waals surface area contributed by atoms with Crippen molar-refractivity contribution in [3.63, 3.8) is 0 Å². The number of hydrogen-bond donors (Lipinski definition) is 0. The third-order valence-corrected chi connectivity index (χ3v) is 3.55. The summed E-state index contributed by atoms with van der Waals surface area (Å²) in [6, 6.07) is 8.27. The third-order valence-electron chi connectivity index (χ3n) is 2.22. The second-order valence-electron chi connectivity index (χ2n) is 3.71. The lowest BCUT2D eigenvalue weighted by atomic mass is 10.2. The average molecular weight is 232 g/mol. The zero-order chi connectivity index (χ0) is 11.5. The molecule has 1 aromatic carbocycles. The molecule has 16 heavy (non-hydrogen) atoms. The van der Waals surface area contributed by atoms with Crippen molar-refractivity contribution in [1.82, 2.24) is 20.4 Å². The van der Waals surface area contributed by atoms with Gasteiger partial charge in [-0.05, 0) is 25.6 Å². The van der Waals surface area contributed by atoms with E-state index < -0.39 is 0 Å². The van der Waals surface area contributed by atoms with Crippen LogP contribution in [0.25, 0.3) is 11.4 Å². The molecule has 0 radical (unpaired) electrons. The zero-order valence-electron chi connectivity index (χ0n) is 9.55. The first-order chi connectivity index (χ1) is 7.66. The Morgan fingerprint density at radius 1 is 0.875 bits per heavy atom. The maximum atomic E-state index is 4.00. The highest BCUT2D eigenvalue weighted by molar-refractivity contribution is 7.64. The lowest BCUT2D eigenvalue weighted by molar-refractivity contribution is 0.816. The highest BCUT2D eigenvalue weighted by atomic mass is 31.1. The van der Waals surface area contributed by atoms with Crippen molar-refractivity contribution in [2.75, 3.05) is 13.3 Å². The predicted molar refractivity (Wildman–Crippen MR) is 66.2 cm³/mol. The molecule has 1 heterocycles. The first kappa shape index (κ1) is 11.1. The molecule has 82 valence electrons. The fraction of sp³-hybridized carbons (Fsp3) is 0.273. The van der Waals surface area contributed by atoms with Crippen molar-refractivity contribution in [2.45, 2.75) is 6.92 Å². The van der Waals surface area contributed by atoms with E-state index >= 15 is 0 Å². The van der Waals surface area contributed by atoms with Gasteiger partial charge >= 0.3 is 0 Å². The van der Waals surface area contributed by atoms with E-state index in [0.717, 1.165) is 5.56 Å². The Morgan fingerprint density at radius 2 is 1.44 bits per heavy atom. The van der Waals surface area contributed by atoms with Crippen LogP contribution in [0.3, 0.4) is 0 Å². The summed E-state index contributed by atoms with van der Waals surface area (Å²) in [5, 5.41) is 17.2. The Kier molecular flexibility index (Phi) is 3.20. The van der Waals surface area contributed by atoms with Gasteiger partial charge in [0.1, 0.15) is 0 Å². The smallest absolute Gasteiger partial charge is 0.131 e. The summed E-state index contributed by atoms with van der Waals surface area (Å²) >= 11 is 0. The van der Waals surface area contributed by atoms with Crippen LogP contribution in [0.1, 0.15) is 5.82 Å². The number of benzene rings is 1. The summed E-state index contributed by atoms with van der Waals surface area (Å²) in [6.07, 6.45) is 0. The van der Waals surface area contributed by atoms with Crippen LogP contribution >= 0.6 is 7.92 Å². The molecule has 2 aromatic rings. The minimum atomic E-state index is -0.0541. The largest absolute Gasteiger partial charge is 0.203 e. The van der Waals surface area contributed by atoms with Gasteiger partial charge in [0.05, 0.1) is 0 Å². The fourth-order valence-corrected chi connectivity index (χ4v) is 2.05. The van der Waals surface area contributed by atoms with Crippen LogP contribution in [0, 0.1) is 6.92 Å². The van der Waals surface area contributed by atoms with Crippen LogP contribution < -0.4 is 5.30 Å². The summed E-state index contributed by atoms with van der Waals surface area (Å²) in [6.45, 7) is 6.24. The van der Waals surface area contributed by atoms with Crippen molar-refractivity contribution in [1.29, 1.82) is 0 Å². The molecule has 0 fully saturated rings. The Balaban J connectivity index is 2.31. The lowest BCUT2D eigenvalue weighted by Gasteiger charge is -2.05. The Hall–Kier alpha value is -1.41. The molecule has 0 amide bonds. The highest BCUT2D eigenvalue weighted by Crippen LogP contribution is 2.24. The SMILES string of the molecule is Cc1nnc(-c2ccc(P(C)C)cc2)nn1. The quantitative estimate of drug-likeness (QED) is 0.738. The molecule has 1 aromatic heterocycles.